The van der Waals surface area contributed by atoms with E-state index in [-0.39, 0.29) is 18.9 Å². The van der Waals surface area contributed by atoms with Crippen LogP contribution in [0.5, 0.6) is 0 Å². The van der Waals surface area contributed by atoms with Gasteiger partial charge in [0.05, 0.1) is 15.5 Å². The van der Waals surface area contributed by atoms with Crippen molar-refractivity contribution in [3.05, 3.63) is 63.5 Å². The van der Waals surface area contributed by atoms with Crippen LogP contribution < -0.4 is 0 Å². The van der Waals surface area contributed by atoms with Crippen molar-refractivity contribution < 1.29 is 27.9 Å². The number of thiocarbonyl (C=S) groups is 1. The molecule has 0 radical (unpaired) electrons. The monoisotopic (exact) mass is 485 g/mol. The van der Waals surface area contributed by atoms with Gasteiger partial charge in [0.2, 0.25) is 0 Å². The van der Waals surface area contributed by atoms with E-state index in [0.29, 0.717) is 32.3 Å². The van der Waals surface area contributed by atoms with Crippen LogP contribution >= 0.6 is 35.6 Å². The van der Waals surface area contributed by atoms with Gasteiger partial charge in [-0.1, -0.05) is 59.8 Å². The number of carboxylic acid groups (broad SMARTS) is 1. The minimum Gasteiger partial charge on any atom is -0.481 e. The maximum atomic E-state index is 12.9. The van der Waals surface area contributed by atoms with Crippen molar-refractivity contribution in [3.8, 4) is 11.1 Å². The average Bonchev–Trinajstić information content (AvgIpc) is 2.94. The standard InChI is InChI=1S/C21H15ClF3NO3S2/c22-16-11-14(6-7-15(16)21(23,24)25)13-4-1-3-12(9-13)10-17-19(29)26(20(30)31-17)8-2-5-18(27)28/h1,3-4,6-7,9-11H,2,5,8H2,(H,27,28)/b17-10-. The van der Waals surface area contributed by atoms with Crippen LogP contribution in [0.3, 0.4) is 0 Å². The minimum atomic E-state index is -4.53. The number of hydrogen-bond acceptors (Lipinski definition) is 4. The quantitative estimate of drug-likeness (QED) is 0.396. The van der Waals surface area contributed by atoms with Crippen LogP contribution in [-0.4, -0.2) is 32.7 Å². The second-order valence-electron chi connectivity index (χ2n) is 6.65. The topological polar surface area (TPSA) is 57.6 Å². The van der Waals surface area contributed by atoms with Crippen molar-refractivity contribution >= 4 is 57.9 Å². The second kappa shape index (κ2) is 9.42. The molecule has 0 atom stereocenters. The van der Waals surface area contributed by atoms with Gasteiger partial charge in [0.15, 0.2) is 0 Å². The third kappa shape index (κ3) is 5.66. The summed E-state index contributed by atoms with van der Waals surface area (Å²) in [6, 6.07) is 10.5. The maximum absolute atomic E-state index is 12.9. The van der Waals surface area contributed by atoms with E-state index in [4.69, 9.17) is 28.9 Å². The number of rotatable bonds is 6. The Morgan fingerprint density at radius 3 is 2.55 bits per heavy atom. The highest BCUT2D eigenvalue weighted by Crippen LogP contribution is 2.37. The van der Waals surface area contributed by atoms with Gasteiger partial charge in [-0.3, -0.25) is 14.5 Å². The van der Waals surface area contributed by atoms with Gasteiger partial charge < -0.3 is 5.11 Å². The van der Waals surface area contributed by atoms with Gasteiger partial charge in [0.25, 0.3) is 5.91 Å². The first-order valence-corrected chi connectivity index (χ1v) is 10.6. The van der Waals surface area contributed by atoms with Crippen molar-refractivity contribution in [2.45, 2.75) is 19.0 Å². The second-order valence-corrected chi connectivity index (χ2v) is 8.73. The average molecular weight is 486 g/mol. The summed E-state index contributed by atoms with van der Waals surface area (Å²) in [7, 11) is 0. The van der Waals surface area contributed by atoms with Crippen molar-refractivity contribution in [1.29, 1.82) is 0 Å². The Kier molecular flexibility index (Phi) is 7.08. The van der Waals surface area contributed by atoms with E-state index in [0.717, 1.165) is 17.8 Å². The lowest BCUT2D eigenvalue weighted by Crippen LogP contribution is -2.29. The summed E-state index contributed by atoms with van der Waals surface area (Å²) in [5.41, 5.74) is 0.913. The van der Waals surface area contributed by atoms with E-state index in [2.05, 4.69) is 0 Å². The molecule has 1 fully saturated rings. The van der Waals surface area contributed by atoms with Crippen LogP contribution in [0.15, 0.2) is 47.4 Å². The van der Waals surface area contributed by atoms with E-state index < -0.39 is 22.7 Å². The van der Waals surface area contributed by atoms with Gasteiger partial charge in [0.1, 0.15) is 4.32 Å². The van der Waals surface area contributed by atoms with Gasteiger partial charge >= 0.3 is 12.1 Å². The zero-order valence-electron chi connectivity index (χ0n) is 15.8. The SMILES string of the molecule is O=C(O)CCCN1C(=O)/C(=C/c2cccc(-c3ccc(C(F)(F)F)c(Cl)c3)c2)SC1=S. The smallest absolute Gasteiger partial charge is 0.417 e. The molecule has 1 heterocycles. The summed E-state index contributed by atoms with van der Waals surface area (Å²) < 4.78 is 39.1. The van der Waals surface area contributed by atoms with E-state index in [1.807, 2.05) is 0 Å². The Bertz CT molecular complexity index is 1090. The predicted molar refractivity (Wildman–Crippen MR) is 119 cm³/mol. The molecule has 4 nitrogen and oxygen atoms in total. The van der Waals surface area contributed by atoms with Crippen LogP contribution in [0.2, 0.25) is 5.02 Å². The summed E-state index contributed by atoms with van der Waals surface area (Å²) in [5, 5.41) is 8.35. The third-order valence-corrected chi connectivity index (χ3v) is 6.13. The fraction of sp³-hybridized carbons (Fsp3) is 0.190. The number of hydrogen-bond donors (Lipinski definition) is 1. The summed E-state index contributed by atoms with van der Waals surface area (Å²) in [6.45, 7) is 0.221. The Morgan fingerprint density at radius 2 is 1.90 bits per heavy atom. The first-order chi connectivity index (χ1) is 14.6. The van der Waals surface area contributed by atoms with Gasteiger partial charge in [-0.05, 0) is 47.4 Å². The zero-order chi connectivity index (χ0) is 22.8. The molecule has 1 saturated heterocycles. The molecule has 0 unspecified atom stereocenters. The molecule has 1 aliphatic heterocycles. The largest absolute Gasteiger partial charge is 0.481 e. The highest BCUT2D eigenvalue weighted by atomic mass is 35.5. The van der Waals surface area contributed by atoms with Crippen molar-refractivity contribution in [1.82, 2.24) is 4.90 Å². The number of carbonyl (C=O) groups excluding carboxylic acids is 1. The van der Waals surface area contributed by atoms with Crippen LogP contribution in [0, 0.1) is 0 Å². The molecular weight excluding hydrogens is 471 g/mol. The molecule has 1 aliphatic rings. The Morgan fingerprint density at radius 1 is 1.19 bits per heavy atom. The number of carbonyl (C=O) groups is 2. The zero-order valence-corrected chi connectivity index (χ0v) is 18.2. The van der Waals surface area contributed by atoms with E-state index >= 15 is 0 Å². The first kappa shape index (κ1) is 23.3. The van der Waals surface area contributed by atoms with E-state index in [1.54, 1.807) is 30.3 Å². The first-order valence-electron chi connectivity index (χ1n) is 9.00. The van der Waals surface area contributed by atoms with Gasteiger partial charge in [-0.15, -0.1) is 0 Å². The Labute approximate surface area is 190 Å². The molecule has 0 bridgehead atoms. The molecule has 0 aliphatic carbocycles. The molecule has 10 heteroatoms. The predicted octanol–water partition coefficient (Wildman–Crippen LogP) is 6.09. The number of alkyl halides is 3. The summed E-state index contributed by atoms with van der Waals surface area (Å²) in [5.74, 6) is -1.25. The van der Waals surface area contributed by atoms with Crippen molar-refractivity contribution in [2.24, 2.45) is 0 Å². The lowest BCUT2D eigenvalue weighted by molar-refractivity contribution is -0.138. The van der Waals surface area contributed by atoms with Crippen LogP contribution in [0.4, 0.5) is 13.2 Å². The van der Waals surface area contributed by atoms with Crippen molar-refractivity contribution in [2.75, 3.05) is 6.54 Å². The maximum Gasteiger partial charge on any atom is 0.417 e. The fourth-order valence-corrected chi connectivity index (χ4v) is 4.56. The number of thioether (sulfide) groups is 1. The normalized spacial score (nSPS) is 15.7. The number of carboxylic acids is 1. The minimum absolute atomic E-state index is 0.0617. The van der Waals surface area contributed by atoms with E-state index in [1.165, 1.54) is 17.0 Å². The molecule has 1 amide bonds. The third-order valence-electron chi connectivity index (χ3n) is 4.44. The highest BCUT2D eigenvalue weighted by Gasteiger charge is 2.33. The van der Waals surface area contributed by atoms with Crippen molar-refractivity contribution in [3.63, 3.8) is 0 Å². The molecule has 0 aromatic heterocycles. The summed E-state index contributed by atoms with van der Waals surface area (Å²) in [6.07, 6.45) is -2.66. The van der Waals surface area contributed by atoms with Crippen LogP contribution in [0.25, 0.3) is 17.2 Å². The Balaban J connectivity index is 1.81. The number of nitrogens with zero attached hydrogens (tertiary/aromatic N) is 1. The van der Waals surface area contributed by atoms with Crippen LogP contribution in [-0.2, 0) is 15.8 Å². The number of aliphatic carboxylic acids is 1. The lowest BCUT2D eigenvalue weighted by atomic mass is 10.0. The van der Waals surface area contributed by atoms with Gasteiger partial charge in [-0.25, -0.2) is 0 Å². The number of amides is 1. The summed E-state index contributed by atoms with van der Waals surface area (Å²) >= 11 is 12.2. The summed E-state index contributed by atoms with van der Waals surface area (Å²) in [4.78, 5) is 25.0. The molecule has 2 aromatic rings. The number of benzene rings is 2. The Hall–Kier alpha value is -2.36. The number of halogens is 4. The molecule has 0 saturated carbocycles. The van der Waals surface area contributed by atoms with E-state index in [9.17, 15) is 22.8 Å². The molecule has 162 valence electrons. The molecular formula is C21H15ClF3NO3S2. The van der Waals surface area contributed by atoms with Crippen LogP contribution in [0.1, 0.15) is 24.0 Å². The molecule has 0 spiro atoms. The highest BCUT2D eigenvalue weighted by molar-refractivity contribution is 8.26. The molecule has 3 rings (SSSR count). The molecule has 2 aromatic carbocycles. The fourth-order valence-electron chi connectivity index (χ4n) is 2.97. The molecule has 31 heavy (non-hydrogen) atoms. The lowest BCUT2D eigenvalue weighted by Gasteiger charge is -2.13. The molecule has 1 N–H and O–H groups in total. The van der Waals surface area contributed by atoms with Gasteiger partial charge in [0, 0.05) is 13.0 Å². The van der Waals surface area contributed by atoms with Gasteiger partial charge in [-0.2, -0.15) is 13.2 Å².